The molecule has 3 N–H and O–H groups in total. The van der Waals surface area contributed by atoms with Crippen molar-refractivity contribution in [2.75, 3.05) is 5.43 Å². The Morgan fingerprint density at radius 2 is 1.76 bits per heavy atom. The Hall–Kier alpha value is -3.15. The number of nitrogens with zero attached hydrogens (tertiary/aromatic N) is 1. The molecule has 106 valence electrons. The molecule has 6 heteroatoms. The highest BCUT2D eigenvalue weighted by Gasteiger charge is 2.06. The molecule has 0 bridgehead atoms. The number of aromatic carboxylic acids is 2. The molecule has 6 nitrogen and oxygen atoms in total. The smallest absolute Gasteiger partial charge is 0.336 e. The molecule has 0 saturated heterocycles. The van der Waals surface area contributed by atoms with Gasteiger partial charge in [0.15, 0.2) is 0 Å². The minimum atomic E-state index is -1.04. The van der Waals surface area contributed by atoms with Crippen molar-refractivity contribution in [3.8, 4) is 0 Å². The second kappa shape index (κ2) is 6.33. The fourth-order valence-corrected chi connectivity index (χ4v) is 1.70. The molecule has 0 amide bonds. The van der Waals surface area contributed by atoms with Gasteiger partial charge in [0.05, 0.1) is 23.0 Å². The normalized spacial score (nSPS) is 10.5. The summed E-state index contributed by atoms with van der Waals surface area (Å²) in [7, 11) is 0. The van der Waals surface area contributed by atoms with Crippen molar-refractivity contribution in [2.45, 2.75) is 0 Å². The minimum absolute atomic E-state index is 0.140. The van der Waals surface area contributed by atoms with Gasteiger partial charge in [-0.05, 0) is 24.3 Å². The van der Waals surface area contributed by atoms with Gasteiger partial charge < -0.3 is 10.2 Å². The predicted molar refractivity (Wildman–Crippen MR) is 78.0 cm³/mol. The van der Waals surface area contributed by atoms with E-state index in [0.717, 1.165) is 0 Å². The van der Waals surface area contributed by atoms with Gasteiger partial charge in [0, 0.05) is 5.56 Å². The quantitative estimate of drug-likeness (QED) is 0.578. The topological polar surface area (TPSA) is 99.0 Å². The number of benzene rings is 2. The maximum atomic E-state index is 11.0. The molecule has 0 aliphatic rings. The zero-order valence-electron chi connectivity index (χ0n) is 10.9. The van der Waals surface area contributed by atoms with E-state index in [-0.39, 0.29) is 11.1 Å². The van der Waals surface area contributed by atoms with Gasteiger partial charge in [0.1, 0.15) is 0 Å². The van der Waals surface area contributed by atoms with Gasteiger partial charge in [-0.15, -0.1) is 0 Å². The van der Waals surface area contributed by atoms with Crippen LogP contribution < -0.4 is 5.43 Å². The molecule has 2 rings (SSSR count). The largest absolute Gasteiger partial charge is 0.478 e. The Balaban J connectivity index is 2.15. The van der Waals surface area contributed by atoms with Crippen LogP contribution in [0.2, 0.25) is 0 Å². The molecule has 2 aromatic carbocycles. The third kappa shape index (κ3) is 3.66. The first-order chi connectivity index (χ1) is 10.1. The maximum Gasteiger partial charge on any atom is 0.336 e. The Labute approximate surface area is 120 Å². The highest BCUT2D eigenvalue weighted by Crippen LogP contribution is 2.11. The van der Waals surface area contributed by atoms with Gasteiger partial charge in [-0.3, -0.25) is 5.43 Å². The van der Waals surface area contributed by atoms with Crippen molar-refractivity contribution in [1.82, 2.24) is 0 Å². The average Bonchev–Trinajstić information content (AvgIpc) is 2.48. The summed E-state index contributed by atoms with van der Waals surface area (Å²) in [6.07, 6.45) is 1.37. The number of nitrogens with one attached hydrogen (secondary N) is 1. The van der Waals surface area contributed by atoms with Gasteiger partial charge in [-0.2, -0.15) is 5.10 Å². The van der Waals surface area contributed by atoms with Crippen molar-refractivity contribution in [1.29, 1.82) is 0 Å². The maximum absolute atomic E-state index is 11.0. The molecular formula is C15H12N2O4. The third-order valence-corrected chi connectivity index (χ3v) is 2.70. The lowest BCUT2D eigenvalue weighted by atomic mass is 10.1. The summed E-state index contributed by atoms with van der Waals surface area (Å²) < 4.78 is 0. The molecule has 0 atom stereocenters. The van der Waals surface area contributed by atoms with Crippen LogP contribution >= 0.6 is 0 Å². The molecule has 0 spiro atoms. The molecule has 0 aliphatic carbocycles. The van der Waals surface area contributed by atoms with Crippen molar-refractivity contribution in [3.63, 3.8) is 0 Å². The van der Waals surface area contributed by atoms with E-state index in [1.807, 2.05) is 0 Å². The molecule has 0 saturated carbocycles. The molecule has 21 heavy (non-hydrogen) atoms. The lowest BCUT2D eigenvalue weighted by Crippen LogP contribution is -2.02. The van der Waals surface area contributed by atoms with Crippen molar-refractivity contribution >= 4 is 23.8 Å². The second-order valence-corrected chi connectivity index (χ2v) is 4.15. The standard InChI is InChI=1S/C15H12N2O4/c18-14(19)10-5-3-6-12(8-10)17-16-9-11-4-1-2-7-13(11)15(20)21/h1-9,17H,(H,18,19)(H,20,21). The minimum Gasteiger partial charge on any atom is -0.478 e. The van der Waals surface area contributed by atoms with Crippen LogP contribution in [0.15, 0.2) is 53.6 Å². The number of hydrazone groups is 1. The second-order valence-electron chi connectivity index (χ2n) is 4.15. The summed E-state index contributed by atoms with van der Waals surface area (Å²) >= 11 is 0. The fourth-order valence-electron chi connectivity index (χ4n) is 1.70. The molecule has 0 heterocycles. The van der Waals surface area contributed by atoms with Crippen LogP contribution in [0.4, 0.5) is 5.69 Å². The van der Waals surface area contributed by atoms with E-state index < -0.39 is 11.9 Å². The number of anilines is 1. The van der Waals surface area contributed by atoms with E-state index in [4.69, 9.17) is 10.2 Å². The Kier molecular flexibility index (Phi) is 4.30. The van der Waals surface area contributed by atoms with Crippen molar-refractivity contribution in [2.24, 2.45) is 5.10 Å². The number of hydrogen-bond donors (Lipinski definition) is 3. The van der Waals surface area contributed by atoms with E-state index in [2.05, 4.69) is 10.5 Å². The van der Waals surface area contributed by atoms with Crippen molar-refractivity contribution in [3.05, 3.63) is 65.2 Å². The van der Waals surface area contributed by atoms with Crippen molar-refractivity contribution < 1.29 is 19.8 Å². The van der Waals surface area contributed by atoms with Gasteiger partial charge >= 0.3 is 11.9 Å². The molecule has 2 aromatic rings. The number of carboxylic acids is 2. The van der Waals surface area contributed by atoms with Gasteiger partial charge in [0.2, 0.25) is 0 Å². The highest BCUT2D eigenvalue weighted by atomic mass is 16.4. The first kappa shape index (κ1) is 14.3. The van der Waals surface area contributed by atoms with Crippen LogP contribution in [0.1, 0.15) is 26.3 Å². The summed E-state index contributed by atoms with van der Waals surface area (Å²) in [6.45, 7) is 0. The molecule has 0 aliphatic heterocycles. The van der Waals surface area contributed by atoms with E-state index in [9.17, 15) is 9.59 Å². The van der Waals surface area contributed by atoms with Gasteiger partial charge in [0.25, 0.3) is 0 Å². The Bertz CT molecular complexity index is 710. The SMILES string of the molecule is O=C(O)c1cccc(NN=Cc2ccccc2C(=O)O)c1. The van der Waals surface area contributed by atoms with E-state index >= 15 is 0 Å². The van der Waals surface area contributed by atoms with Gasteiger partial charge in [-0.25, -0.2) is 9.59 Å². The van der Waals surface area contributed by atoms with E-state index in [1.54, 1.807) is 30.3 Å². The first-order valence-corrected chi connectivity index (χ1v) is 6.02. The number of rotatable bonds is 5. The molecule has 0 unspecified atom stereocenters. The Morgan fingerprint density at radius 1 is 1.00 bits per heavy atom. The van der Waals surface area contributed by atoms with Crippen LogP contribution in [-0.4, -0.2) is 28.4 Å². The van der Waals surface area contributed by atoms with Crippen LogP contribution in [0, 0.1) is 0 Å². The van der Waals surface area contributed by atoms with E-state index in [0.29, 0.717) is 11.3 Å². The predicted octanol–water partition coefficient (Wildman–Crippen LogP) is 2.53. The zero-order valence-corrected chi connectivity index (χ0v) is 10.9. The third-order valence-electron chi connectivity index (χ3n) is 2.70. The number of carbonyl (C=O) groups is 2. The zero-order chi connectivity index (χ0) is 15.2. The van der Waals surface area contributed by atoms with Gasteiger partial charge in [-0.1, -0.05) is 24.3 Å². The number of carboxylic acid groups (broad SMARTS) is 2. The lowest BCUT2D eigenvalue weighted by Gasteiger charge is -2.02. The summed E-state index contributed by atoms with van der Waals surface area (Å²) in [4.78, 5) is 21.9. The molecule has 0 fully saturated rings. The van der Waals surface area contributed by atoms with Crippen LogP contribution in [-0.2, 0) is 0 Å². The first-order valence-electron chi connectivity index (χ1n) is 6.02. The highest BCUT2D eigenvalue weighted by molar-refractivity contribution is 5.98. The Morgan fingerprint density at radius 3 is 2.48 bits per heavy atom. The molecular weight excluding hydrogens is 272 g/mol. The summed E-state index contributed by atoms with van der Waals surface area (Å²) in [5.41, 5.74) is 3.90. The summed E-state index contributed by atoms with van der Waals surface area (Å²) in [6, 6.07) is 12.6. The molecule has 0 aromatic heterocycles. The average molecular weight is 284 g/mol. The molecule has 0 radical (unpaired) electrons. The summed E-state index contributed by atoms with van der Waals surface area (Å²) in [5.74, 6) is -2.07. The van der Waals surface area contributed by atoms with Crippen LogP contribution in [0.3, 0.4) is 0 Å². The van der Waals surface area contributed by atoms with Crippen LogP contribution in [0.25, 0.3) is 0 Å². The van der Waals surface area contributed by atoms with E-state index in [1.165, 1.54) is 24.4 Å². The lowest BCUT2D eigenvalue weighted by molar-refractivity contribution is 0.0686. The number of hydrogen-bond acceptors (Lipinski definition) is 4. The summed E-state index contributed by atoms with van der Waals surface area (Å²) in [5, 5.41) is 21.8. The fraction of sp³-hybridized carbons (Fsp3) is 0. The van der Waals surface area contributed by atoms with Crippen LogP contribution in [0.5, 0.6) is 0 Å². The monoisotopic (exact) mass is 284 g/mol.